The molecule has 0 saturated heterocycles. The fraction of sp³-hybridized carbons (Fsp3) is 0. The summed E-state index contributed by atoms with van der Waals surface area (Å²) >= 11 is 5.46. The number of benzene rings is 2. The predicted molar refractivity (Wildman–Crippen MR) is 80.9 cm³/mol. The zero-order chi connectivity index (χ0) is 13.3. The lowest BCUT2D eigenvalue weighted by molar-refractivity contribution is 0.512. The molecule has 0 radical (unpaired) electrons. The van der Waals surface area contributed by atoms with Crippen LogP contribution in [0, 0.1) is 15.2 Å². The third kappa shape index (κ3) is 2.74. The van der Waals surface area contributed by atoms with Crippen molar-refractivity contribution < 1.29 is 8.78 Å². The minimum absolute atomic E-state index is 0.0577. The Morgan fingerprint density at radius 3 is 2.61 bits per heavy atom. The second kappa shape index (κ2) is 5.40. The monoisotopic (exact) mass is 424 g/mol. The van der Waals surface area contributed by atoms with Gasteiger partial charge in [-0.2, -0.15) is 0 Å². The van der Waals surface area contributed by atoms with E-state index in [0.29, 0.717) is 5.69 Å². The van der Waals surface area contributed by atoms with Crippen molar-refractivity contribution in [1.29, 1.82) is 0 Å². The summed E-state index contributed by atoms with van der Waals surface area (Å²) in [5.41, 5.74) is 6.36. The van der Waals surface area contributed by atoms with E-state index in [2.05, 4.69) is 43.8 Å². The van der Waals surface area contributed by atoms with Gasteiger partial charge < -0.3 is 11.1 Å². The third-order valence-corrected chi connectivity index (χ3v) is 3.68. The molecule has 0 heterocycles. The molecule has 18 heavy (non-hydrogen) atoms. The highest BCUT2D eigenvalue weighted by molar-refractivity contribution is 14.1. The molecule has 0 aliphatic heterocycles. The van der Waals surface area contributed by atoms with Crippen LogP contribution in [0.15, 0.2) is 34.8 Å². The molecule has 0 atom stereocenters. The second-order valence-electron chi connectivity index (χ2n) is 3.57. The van der Waals surface area contributed by atoms with Crippen molar-refractivity contribution >= 4 is 55.6 Å². The number of hydrogen-bond donors (Lipinski definition) is 2. The number of nitrogens with two attached hydrogens (primary N) is 1. The Kier molecular flexibility index (Phi) is 4.06. The SMILES string of the molecule is Nc1ccc(F)c(F)c1Nc1cc(I)ccc1Br. The summed E-state index contributed by atoms with van der Waals surface area (Å²) in [5, 5.41) is 2.80. The molecule has 0 aliphatic rings. The molecule has 0 aromatic heterocycles. The van der Waals surface area contributed by atoms with Crippen molar-refractivity contribution in [2.24, 2.45) is 0 Å². The van der Waals surface area contributed by atoms with Crippen LogP contribution >= 0.6 is 38.5 Å². The van der Waals surface area contributed by atoms with E-state index in [1.165, 1.54) is 6.07 Å². The van der Waals surface area contributed by atoms with Gasteiger partial charge >= 0.3 is 0 Å². The van der Waals surface area contributed by atoms with E-state index < -0.39 is 11.6 Å². The average Bonchev–Trinajstić information content (AvgIpc) is 2.34. The van der Waals surface area contributed by atoms with Crippen LogP contribution in [-0.4, -0.2) is 0 Å². The van der Waals surface area contributed by atoms with Gasteiger partial charge in [-0.25, -0.2) is 8.78 Å². The quantitative estimate of drug-likeness (QED) is 0.543. The molecule has 2 nitrogen and oxygen atoms in total. The molecule has 0 spiro atoms. The Morgan fingerprint density at radius 1 is 1.17 bits per heavy atom. The zero-order valence-corrected chi connectivity index (χ0v) is 12.7. The summed E-state index contributed by atoms with van der Waals surface area (Å²) in [6.45, 7) is 0. The van der Waals surface area contributed by atoms with Crippen LogP contribution in [0.5, 0.6) is 0 Å². The lowest BCUT2D eigenvalue weighted by atomic mass is 10.2. The predicted octanol–water partition coefficient (Wildman–Crippen LogP) is 4.66. The van der Waals surface area contributed by atoms with E-state index in [9.17, 15) is 8.78 Å². The largest absolute Gasteiger partial charge is 0.397 e. The molecule has 3 N–H and O–H groups in total. The van der Waals surface area contributed by atoms with Gasteiger partial charge in [-0.1, -0.05) is 0 Å². The number of halogens is 4. The molecule has 0 saturated carbocycles. The molecule has 94 valence electrons. The van der Waals surface area contributed by atoms with E-state index in [0.717, 1.165) is 14.1 Å². The van der Waals surface area contributed by atoms with Gasteiger partial charge in [0.05, 0.1) is 11.4 Å². The molecular weight excluding hydrogens is 417 g/mol. The summed E-state index contributed by atoms with van der Waals surface area (Å²) in [6.07, 6.45) is 0. The minimum atomic E-state index is -0.985. The van der Waals surface area contributed by atoms with Crippen molar-refractivity contribution in [1.82, 2.24) is 0 Å². The number of rotatable bonds is 2. The van der Waals surface area contributed by atoms with Gasteiger partial charge in [-0.05, 0) is 68.9 Å². The number of nitrogens with one attached hydrogen (secondary N) is 1. The van der Waals surface area contributed by atoms with Gasteiger partial charge in [0.1, 0.15) is 5.69 Å². The van der Waals surface area contributed by atoms with Crippen LogP contribution < -0.4 is 11.1 Å². The van der Waals surface area contributed by atoms with Crippen molar-refractivity contribution in [3.05, 3.63) is 50.0 Å². The lowest BCUT2D eigenvalue weighted by Crippen LogP contribution is -2.02. The van der Waals surface area contributed by atoms with E-state index in [1.54, 1.807) is 6.07 Å². The third-order valence-electron chi connectivity index (χ3n) is 2.32. The molecule has 0 bridgehead atoms. The first kappa shape index (κ1) is 13.5. The first-order valence-electron chi connectivity index (χ1n) is 4.94. The summed E-state index contributed by atoms with van der Waals surface area (Å²) in [4.78, 5) is 0. The molecule has 0 fully saturated rings. The molecule has 0 amide bonds. The van der Waals surface area contributed by atoms with Crippen LogP contribution in [0.2, 0.25) is 0 Å². The standard InChI is InChI=1S/C12H8BrF2IN2/c13-7-2-1-6(16)5-10(7)18-12-9(17)4-3-8(14)11(12)15/h1-5,18H,17H2. The van der Waals surface area contributed by atoms with Gasteiger partial charge in [0.2, 0.25) is 0 Å². The molecule has 2 aromatic carbocycles. The topological polar surface area (TPSA) is 38.0 Å². The van der Waals surface area contributed by atoms with Crippen molar-refractivity contribution in [3.8, 4) is 0 Å². The fourth-order valence-electron chi connectivity index (χ4n) is 1.42. The van der Waals surface area contributed by atoms with Crippen molar-refractivity contribution in [2.45, 2.75) is 0 Å². The fourth-order valence-corrected chi connectivity index (χ4v) is 2.26. The van der Waals surface area contributed by atoms with Crippen LogP contribution in [0.3, 0.4) is 0 Å². The Balaban J connectivity index is 2.46. The smallest absolute Gasteiger partial charge is 0.184 e. The summed E-state index contributed by atoms with van der Waals surface area (Å²) in [6, 6.07) is 7.83. The minimum Gasteiger partial charge on any atom is -0.397 e. The molecule has 2 aromatic rings. The first-order valence-corrected chi connectivity index (χ1v) is 6.82. The van der Waals surface area contributed by atoms with Crippen LogP contribution in [0.1, 0.15) is 0 Å². The van der Waals surface area contributed by atoms with Gasteiger partial charge in [-0.15, -0.1) is 0 Å². The molecule has 0 aliphatic carbocycles. The number of anilines is 3. The maximum absolute atomic E-state index is 13.6. The Morgan fingerprint density at radius 2 is 1.89 bits per heavy atom. The maximum Gasteiger partial charge on any atom is 0.184 e. The normalized spacial score (nSPS) is 10.4. The van der Waals surface area contributed by atoms with Gasteiger partial charge in [-0.3, -0.25) is 0 Å². The van der Waals surface area contributed by atoms with Crippen molar-refractivity contribution in [2.75, 3.05) is 11.1 Å². The van der Waals surface area contributed by atoms with Gasteiger partial charge in [0.15, 0.2) is 11.6 Å². The first-order chi connectivity index (χ1) is 8.49. The molecule has 6 heteroatoms. The second-order valence-corrected chi connectivity index (χ2v) is 5.67. The maximum atomic E-state index is 13.6. The molecular formula is C12H8BrF2IN2. The molecule has 2 rings (SSSR count). The Bertz CT molecular complexity index is 605. The summed E-state index contributed by atoms with van der Waals surface area (Å²) in [5.74, 6) is -1.92. The van der Waals surface area contributed by atoms with E-state index in [-0.39, 0.29) is 11.4 Å². The number of hydrogen-bond acceptors (Lipinski definition) is 2. The van der Waals surface area contributed by atoms with E-state index >= 15 is 0 Å². The Hall–Kier alpha value is -0.890. The lowest BCUT2D eigenvalue weighted by Gasteiger charge is -2.12. The molecule has 0 unspecified atom stereocenters. The van der Waals surface area contributed by atoms with Gasteiger partial charge in [0.25, 0.3) is 0 Å². The van der Waals surface area contributed by atoms with Crippen LogP contribution in [0.4, 0.5) is 25.8 Å². The average molecular weight is 425 g/mol. The van der Waals surface area contributed by atoms with Gasteiger partial charge in [0, 0.05) is 8.04 Å². The zero-order valence-electron chi connectivity index (χ0n) is 8.98. The Labute approximate surface area is 125 Å². The summed E-state index contributed by atoms with van der Waals surface area (Å²) < 4.78 is 28.5. The highest BCUT2D eigenvalue weighted by Crippen LogP contribution is 2.32. The van der Waals surface area contributed by atoms with Crippen LogP contribution in [0.25, 0.3) is 0 Å². The summed E-state index contributed by atoms with van der Waals surface area (Å²) in [7, 11) is 0. The highest BCUT2D eigenvalue weighted by Gasteiger charge is 2.13. The van der Waals surface area contributed by atoms with E-state index in [1.807, 2.05) is 12.1 Å². The highest BCUT2D eigenvalue weighted by atomic mass is 127. The number of nitrogen functional groups attached to an aromatic ring is 1. The van der Waals surface area contributed by atoms with Crippen molar-refractivity contribution in [3.63, 3.8) is 0 Å². The van der Waals surface area contributed by atoms with E-state index in [4.69, 9.17) is 5.73 Å². The van der Waals surface area contributed by atoms with Crippen LogP contribution in [-0.2, 0) is 0 Å².